The van der Waals surface area contributed by atoms with E-state index in [2.05, 4.69) is 20.3 Å². The van der Waals surface area contributed by atoms with Gasteiger partial charge in [0.1, 0.15) is 11.5 Å². The molecule has 6 nitrogen and oxygen atoms in total. The fraction of sp³-hybridized carbons (Fsp3) is 0.286. The van der Waals surface area contributed by atoms with Crippen LogP contribution in [-0.4, -0.2) is 33.8 Å². The predicted molar refractivity (Wildman–Crippen MR) is 105 cm³/mol. The molecule has 0 spiro atoms. The monoisotopic (exact) mass is 415 g/mol. The van der Waals surface area contributed by atoms with Crippen molar-refractivity contribution in [1.82, 2.24) is 20.1 Å². The van der Waals surface area contributed by atoms with Crippen LogP contribution in [0.2, 0.25) is 0 Å². The predicted octanol–water partition coefficient (Wildman–Crippen LogP) is 3.82. The molecule has 9 heteroatoms. The molecule has 4 rings (SSSR count). The molecule has 0 bridgehead atoms. The Morgan fingerprint density at radius 2 is 1.87 bits per heavy atom. The van der Waals surface area contributed by atoms with E-state index in [1.807, 2.05) is 6.07 Å². The first-order chi connectivity index (χ1) is 14.4. The molecular formula is C21H20F3N5O. The van der Waals surface area contributed by atoms with Gasteiger partial charge >= 0.3 is 6.18 Å². The van der Waals surface area contributed by atoms with E-state index in [4.69, 9.17) is 0 Å². The van der Waals surface area contributed by atoms with Crippen LogP contribution >= 0.6 is 0 Å². The van der Waals surface area contributed by atoms with Crippen molar-refractivity contribution >= 4 is 11.7 Å². The minimum atomic E-state index is -4.42. The van der Waals surface area contributed by atoms with Crippen LogP contribution in [0.5, 0.6) is 0 Å². The molecule has 3 aromatic rings. The third kappa shape index (κ3) is 4.45. The van der Waals surface area contributed by atoms with Gasteiger partial charge in [-0.2, -0.15) is 18.3 Å². The lowest BCUT2D eigenvalue weighted by molar-refractivity contribution is -0.137. The van der Waals surface area contributed by atoms with Gasteiger partial charge in [0.15, 0.2) is 0 Å². The highest BCUT2D eigenvalue weighted by atomic mass is 19.4. The summed E-state index contributed by atoms with van der Waals surface area (Å²) in [5.41, 5.74) is 0.540. The molecule has 0 unspecified atom stereocenters. The van der Waals surface area contributed by atoms with E-state index in [9.17, 15) is 18.0 Å². The molecule has 3 heterocycles. The summed E-state index contributed by atoms with van der Waals surface area (Å²) in [5, 5.41) is 6.88. The summed E-state index contributed by atoms with van der Waals surface area (Å²) in [6.45, 7) is 2.06. The number of rotatable bonds is 5. The van der Waals surface area contributed by atoms with Crippen molar-refractivity contribution in [2.24, 2.45) is 0 Å². The molecule has 0 radical (unpaired) electrons. The number of nitrogens with one attached hydrogen (secondary N) is 1. The summed E-state index contributed by atoms with van der Waals surface area (Å²) >= 11 is 0. The van der Waals surface area contributed by atoms with E-state index in [1.165, 1.54) is 16.9 Å². The zero-order chi connectivity index (χ0) is 21.1. The molecule has 0 aliphatic carbocycles. The maximum Gasteiger partial charge on any atom is 0.416 e. The summed E-state index contributed by atoms with van der Waals surface area (Å²) in [6.07, 6.45) is 0.914. The van der Waals surface area contributed by atoms with Crippen molar-refractivity contribution in [1.29, 1.82) is 0 Å². The van der Waals surface area contributed by atoms with Gasteiger partial charge in [-0.1, -0.05) is 12.1 Å². The number of alkyl halides is 3. The number of hydrogen-bond acceptors (Lipinski definition) is 4. The van der Waals surface area contributed by atoms with Gasteiger partial charge in [-0.3, -0.25) is 4.79 Å². The topological polar surface area (TPSA) is 63.1 Å². The zero-order valence-electron chi connectivity index (χ0n) is 16.1. The maximum absolute atomic E-state index is 12.9. The Morgan fingerprint density at radius 3 is 2.63 bits per heavy atom. The van der Waals surface area contributed by atoms with Gasteiger partial charge in [0.2, 0.25) is 0 Å². The number of carbonyl (C=O) groups is 1. The molecule has 1 aliphatic rings. The summed E-state index contributed by atoms with van der Waals surface area (Å²) in [4.78, 5) is 19.1. The second-order valence-corrected chi connectivity index (χ2v) is 7.10. The molecule has 0 atom stereocenters. The molecule has 156 valence electrons. The van der Waals surface area contributed by atoms with Crippen molar-refractivity contribution < 1.29 is 18.0 Å². The van der Waals surface area contributed by atoms with Crippen LogP contribution in [0.25, 0.3) is 5.69 Å². The standard InChI is InChI=1S/C21H20F3N5O/c22-21(23,24)16-5-3-6-17(11-16)29-14-15(13-26-29)12-25-20(30)18-7-4-8-19(27-18)28-9-1-2-10-28/h3-8,11,13-14H,1-2,9-10,12H2,(H,25,30). The van der Waals surface area contributed by atoms with E-state index in [-0.39, 0.29) is 12.5 Å². The van der Waals surface area contributed by atoms with E-state index < -0.39 is 11.7 Å². The van der Waals surface area contributed by atoms with Crippen molar-refractivity contribution in [3.63, 3.8) is 0 Å². The van der Waals surface area contributed by atoms with Crippen LogP contribution in [0.4, 0.5) is 19.0 Å². The van der Waals surface area contributed by atoms with Crippen LogP contribution in [0.1, 0.15) is 34.5 Å². The molecule has 0 saturated carbocycles. The van der Waals surface area contributed by atoms with E-state index in [0.29, 0.717) is 16.9 Å². The highest BCUT2D eigenvalue weighted by molar-refractivity contribution is 5.92. The van der Waals surface area contributed by atoms with Crippen LogP contribution in [0.3, 0.4) is 0 Å². The van der Waals surface area contributed by atoms with Crippen molar-refractivity contribution in [2.45, 2.75) is 25.6 Å². The Balaban J connectivity index is 1.41. The number of hydrogen-bond donors (Lipinski definition) is 1. The van der Waals surface area contributed by atoms with Crippen molar-refractivity contribution in [3.8, 4) is 5.69 Å². The fourth-order valence-corrected chi connectivity index (χ4v) is 3.36. The van der Waals surface area contributed by atoms with Crippen LogP contribution < -0.4 is 10.2 Å². The molecule has 1 saturated heterocycles. The molecule has 1 fully saturated rings. The summed E-state index contributed by atoms with van der Waals surface area (Å²) in [5.74, 6) is 0.473. The lowest BCUT2D eigenvalue weighted by atomic mass is 10.2. The second-order valence-electron chi connectivity index (χ2n) is 7.10. The van der Waals surface area contributed by atoms with Crippen LogP contribution in [-0.2, 0) is 12.7 Å². The van der Waals surface area contributed by atoms with Crippen LogP contribution in [0.15, 0.2) is 54.9 Å². The average molecular weight is 415 g/mol. The minimum absolute atomic E-state index is 0.188. The van der Waals surface area contributed by atoms with Crippen molar-refractivity contribution in [2.75, 3.05) is 18.0 Å². The van der Waals surface area contributed by atoms with Gasteiger partial charge in [0.25, 0.3) is 5.91 Å². The number of pyridine rings is 1. The minimum Gasteiger partial charge on any atom is -0.357 e. The van der Waals surface area contributed by atoms with Gasteiger partial charge in [0.05, 0.1) is 17.4 Å². The number of halogens is 3. The molecule has 30 heavy (non-hydrogen) atoms. The number of aromatic nitrogens is 3. The van der Waals surface area contributed by atoms with Gasteiger partial charge < -0.3 is 10.2 Å². The Kier molecular flexibility index (Phi) is 5.43. The van der Waals surface area contributed by atoms with Gasteiger partial charge in [-0.25, -0.2) is 9.67 Å². The SMILES string of the molecule is O=C(NCc1cnn(-c2cccc(C(F)(F)F)c2)c1)c1cccc(N2CCCC2)n1. The van der Waals surface area contributed by atoms with Crippen LogP contribution in [0, 0.1) is 0 Å². The number of amides is 1. The molecule has 2 aromatic heterocycles. The van der Waals surface area contributed by atoms with E-state index in [1.54, 1.807) is 24.4 Å². The quantitative estimate of drug-likeness (QED) is 0.688. The Morgan fingerprint density at radius 1 is 1.10 bits per heavy atom. The second kappa shape index (κ2) is 8.17. The highest BCUT2D eigenvalue weighted by Crippen LogP contribution is 2.30. The Labute approximate surface area is 171 Å². The van der Waals surface area contributed by atoms with Gasteiger partial charge in [-0.05, 0) is 43.2 Å². The van der Waals surface area contributed by atoms with Crippen molar-refractivity contribution in [3.05, 3.63) is 71.7 Å². The zero-order valence-corrected chi connectivity index (χ0v) is 16.1. The molecule has 1 aromatic carbocycles. The highest BCUT2D eigenvalue weighted by Gasteiger charge is 2.30. The Bertz CT molecular complexity index is 1040. The summed E-state index contributed by atoms with van der Waals surface area (Å²) in [7, 11) is 0. The number of carbonyl (C=O) groups excluding carboxylic acids is 1. The number of anilines is 1. The average Bonchev–Trinajstić information content (AvgIpc) is 3.44. The first-order valence-corrected chi connectivity index (χ1v) is 9.61. The molecule has 1 aliphatic heterocycles. The lowest BCUT2D eigenvalue weighted by Crippen LogP contribution is -2.25. The third-order valence-corrected chi connectivity index (χ3v) is 4.92. The number of nitrogens with zero attached hydrogens (tertiary/aromatic N) is 4. The molecular weight excluding hydrogens is 395 g/mol. The first kappa shape index (κ1) is 19.9. The fourth-order valence-electron chi connectivity index (χ4n) is 3.36. The normalized spacial score (nSPS) is 14.2. The Hall–Kier alpha value is -3.36. The smallest absolute Gasteiger partial charge is 0.357 e. The summed E-state index contributed by atoms with van der Waals surface area (Å²) in [6, 6.07) is 10.3. The first-order valence-electron chi connectivity index (χ1n) is 9.61. The largest absolute Gasteiger partial charge is 0.416 e. The van der Waals surface area contributed by atoms with E-state index >= 15 is 0 Å². The summed E-state index contributed by atoms with van der Waals surface area (Å²) < 4.78 is 40.1. The van der Waals surface area contributed by atoms with E-state index in [0.717, 1.165) is 43.9 Å². The maximum atomic E-state index is 12.9. The molecule has 1 amide bonds. The molecule has 1 N–H and O–H groups in total. The lowest BCUT2D eigenvalue weighted by Gasteiger charge is -2.16. The van der Waals surface area contributed by atoms with Gasteiger partial charge in [0, 0.05) is 31.4 Å². The number of benzene rings is 1. The van der Waals surface area contributed by atoms with Gasteiger partial charge in [-0.15, -0.1) is 0 Å². The third-order valence-electron chi connectivity index (χ3n) is 4.92.